The van der Waals surface area contributed by atoms with Crippen molar-refractivity contribution < 1.29 is 51.4 Å². The SMILES string of the molecule is NN=Nc1ccc(C(=O)NC(CCCCCC(=O)CCCCC2SCC3NC(=O)NC32)C(=O)NCCSSCCC(=O)ON2C(=O)CC(S(=O)(=O)O)C2=O)cc1. The first-order valence-corrected chi connectivity index (χ1v) is 23.1. The molecule has 3 fully saturated rings. The number of amides is 6. The number of hydrogen-bond acceptors (Lipinski definition) is 15. The number of fused-ring (bicyclic) bond motifs is 1. The van der Waals surface area contributed by atoms with Crippen molar-refractivity contribution in [1.29, 1.82) is 0 Å². The number of carbonyl (C=O) groups is 7. The smallest absolute Gasteiger partial charge is 0.334 e. The van der Waals surface area contributed by atoms with E-state index in [4.69, 9.17) is 15.2 Å². The molecular formula is C33H46N8O11S4. The van der Waals surface area contributed by atoms with Crippen LogP contribution in [-0.4, -0.2) is 112 Å². The fourth-order valence-corrected chi connectivity index (χ4v) is 10.3. The van der Waals surface area contributed by atoms with Gasteiger partial charge in [-0.3, -0.25) is 28.5 Å². The Morgan fingerprint density at radius 2 is 1.71 bits per heavy atom. The van der Waals surface area contributed by atoms with E-state index in [1.54, 1.807) is 12.1 Å². The number of urea groups is 1. The molecule has 0 bridgehead atoms. The highest BCUT2D eigenvalue weighted by Crippen LogP contribution is 2.33. The van der Waals surface area contributed by atoms with Crippen molar-refractivity contribution >= 4 is 90.6 Å². The second-order valence-electron chi connectivity index (χ2n) is 13.2. The monoisotopic (exact) mass is 858 g/mol. The largest absolute Gasteiger partial charge is 0.353 e. The minimum absolute atomic E-state index is 0.0526. The second kappa shape index (κ2) is 22.1. The van der Waals surface area contributed by atoms with Gasteiger partial charge in [0.15, 0.2) is 5.25 Å². The van der Waals surface area contributed by atoms with Gasteiger partial charge in [0, 0.05) is 47.5 Å². The summed E-state index contributed by atoms with van der Waals surface area (Å²) in [5.74, 6) is 2.62. The summed E-state index contributed by atoms with van der Waals surface area (Å²) in [6, 6.07) is 5.58. The van der Waals surface area contributed by atoms with E-state index >= 15 is 0 Å². The minimum atomic E-state index is -4.83. The third kappa shape index (κ3) is 13.9. The molecular weight excluding hydrogens is 813 g/mol. The molecule has 3 heterocycles. The van der Waals surface area contributed by atoms with Crippen molar-refractivity contribution in [2.24, 2.45) is 16.2 Å². The molecule has 0 aromatic heterocycles. The molecule has 19 nitrogen and oxygen atoms in total. The second-order valence-corrected chi connectivity index (χ2v) is 18.7. The number of hydrogen-bond donors (Lipinski definition) is 6. The summed E-state index contributed by atoms with van der Waals surface area (Å²) in [5, 5.41) is 16.9. The lowest BCUT2D eigenvalue weighted by molar-refractivity contribution is -0.197. The summed E-state index contributed by atoms with van der Waals surface area (Å²) in [4.78, 5) is 91.0. The zero-order chi connectivity index (χ0) is 40.7. The number of thioether (sulfide) groups is 1. The fraction of sp³-hybridized carbons (Fsp3) is 0.606. The average molecular weight is 859 g/mol. The van der Waals surface area contributed by atoms with E-state index in [-0.39, 0.29) is 53.6 Å². The van der Waals surface area contributed by atoms with Crippen molar-refractivity contribution in [3.05, 3.63) is 29.8 Å². The van der Waals surface area contributed by atoms with E-state index in [0.29, 0.717) is 60.8 Å². The van der Waals surface area contributed by atoms with Gasteiger partial charge in [-0.25, -0.2) is 9.59 Å². The molecule has 0 saturated carbocycles. The van der Waals surface area contributed by atoms with Crippen molar-refractivity contribution in [3.8, 4) is 0 Å². The van der Waals surface area contributed by atoms with E-state index in [1.165, 1.54) is 33.7 Å². The number of carbonyl (C=O) groups excluding carboxylic acids is 7. The minimum Gasteiger partial charge on any atom is -0.353 e. The summed E-state index contributed by atoms with van der Waals surface area (Å²) in [5.41, 5.74) is 0.760. The number of nitrogens with zero attached hydrogens (tertiary/aromatic N) is 3. The molecule has 0 aliphatic carbocycles. The third-order valence-corrected chi connectivity index (χ3v) is 14.1. The maximum absolute atomic E-state index is 13.2. The molecule has 308 valence electrons. The van der Waals surface area contributed by atoms with Crippen LogP contribution in [0, 0.1) is 0 Å². The Bertz CT molecular complexity index is 1730. The molecule has 4 rings (SSSR count). The molecule has 5 atom stereocenters. The normalized spacial score (nSPS) is 21.1. The standard InChI is InChI=1S/C33H46N8O11S4/c34-40-39-21-12-10-20(11-13-21)30(45)36-23(8-3-1-2-6-22(42)7-4-5-9-25-29-24(19-53-25)37-33(48)38-29)31(46)35-15-17-55-54-16-14-28(44)52-41-27(43)18-26(32(41)47)56(49,50)51/h10-13,23-26,29H,1-9,14-19H2,(H2,34,39)(H,35,46)(H,36,45)(H2,37,38,48)(H,49,50,51). The first kappa shape index (κ1) is 44.8. The Morgan fingerprint density at radius 3 is 2.41 bits per heavy atom. The number of imide groups is 1. The van der Waals surface area contributed by atoms with E-state index in [1.807, 2.05) is 11.8 Å². The zero-order valence-corrected chi connectivity index (χ0v) is 33.7. The lowest BCUT2D eigenvalue weighted by Gasteiger charge is -2.19. The molecule has 23 heteroatoms. The fourth-order valence-electron chi connectivity index (χ4n) is 6.18. The molecule has 3 aliphatic heterocycles. The van der Waals surface area contributed by atoms with Crippen LogP contribution in [0.25, 0.3) is 0 Å². The van der Waals surface area contributed by atoms with Gasteiger partial charge in [0.05, 0.1) is 30.6 Å². The number of Topliss-reactive ketones (excluding diaryl/α,β-unsaturated/α-hetero) is 1. The molecule has 56 heavy (non-hydrogen) atoms. The summed E-state index contributed by atoms with van der Waals surface area (Å²) >= 11 is 1.86. The van der Waals surface area contributed by atoms with Gasteiger partial charge in [-0.2, -0.15) is 20.2 Å². The molecule has 6 amide bonds. The molecule has 3 saturated heterocycles. The highest BCUT2D eigenvalue weighted by molar-refractivity contribution is 8.76. The van der Waals surface area contributed by atoms with Gasteiger partial charge in [0.25, 0.3) is 27.8 Å². The Labute approximate surface area is 336 Å². The summed E-state index contributed by atoms with van der Waals surface area (Å²) < 4.78 is 31.6. The molecule has 5 unspecified atom stereocenters. The zero-order valence-electron chi connectivity index (χ0n) is 30.4. The number of hydroxylamine groups is 2. The van der Waals surface area contributed by atoms with E-state index in [2.05, 4.69) is 31.6 Å². The van der Waals surface area contributed by atoms with Crippen LogP contribution in [0.1, 0.15) is 81.0 Å². The molecule has 1 aromatic carbocycles. The maximum atomic E-state index is 13.2. The van der Waals surface area contributed by atoms with Crippen molar-refractivity contribution in [2.75, 3.05) is 23.8 Å². The molecule has 1 aromatic rings. The van der Waals surface area contributed by atoms with Gasteiger partial charge < -0.3 is 31.9 Å². The average Bonchev–Trinajstić information content (AvgIpc) is 3.80. The van der Waals surface area contributed by atoms with Crippen LogP contribution in [0.2, 0.25) is 0 Å². The van der Waals surface area contributed by atoms with Gasteiger partial charge in [-0.15, -0.1) is 10.2 Å². The van der Waals surface area contributed by atoms with Gasteiger partial charge in [-0.1, -0.05) is 46.1 Å². The van der Waals surface area contributed by atoms with Gasteiger partial charge >= 0.3 is 12.0 Å². The number of benzene rings is 1. The number of rotatable bonds is 24. The van der Waals surface area contributed by atoms with Crippen LogP contribution >= 0.6 is 33.3 Å². The van der Waals surface area contributed by atoms with Crippen LogP contribution in [0.15, 0.2) is 34.6 Å². The lowest BCUT2D eigenvalue weighted by Crippen LogP contribution is -2.47. The number of nitrogens with one attached hydrogen (secondary N) is 4. The summed E-state index contributed by atoms with van der Waals surface area (Å²) in [7, 11) is -2.24. The third-order valence-electron chi connectivity index (χ3n) is 9.08. The highest BCUT2D eigenvalue weighted by atomic mass is 33.1. The Hall–Kier alpha value is -3.93. The molecule has 3 aliphatic rings. The van der Waals surface area contributed by atoms with Gasteiger partial charge in [-0.05, 0) is 49.9 Å². The van der Waals surface area contributed by atoms with Crippen LogP contribution in [0.5, 0.6) is 0 Å². The maximum Gasteiger partial charge on any atom is 0.334 e. The van der Waals surface area contributed by atoms with Gasteiger partial charge in [0.1, 0.15) is 11.8 Å². The van der Waals surface area contributed by atoms with Crippen LogP contribution in [0.4, 0.5) is 10.5 Å². The van der Waals surface area contributed by atoms with Crippen molar-refractivity contribution in [2.45, 2.75) is 99.3 Å². The Kier molecular flexibility index (Phi) is 17.7. The lowest BCUT2D eigenvalue weighted by atomic mass is 10.0. The number of nitrogens with two attached hydrogens (primary N) is 1. The Morgan fingerprint density at radius 1 is 1.00 bits per heavy atom. The van der Waals surface area contributed by atoms with E-state index in [0.717, 1.165) is 25.0 Å². The predicted molar refractivity (Wildman–Crippen MR) is 209 cm³/mol. The quantitative estimate of drug-likeness (QED) is 0.0127. The first-order valence-electron chi connectivity index (χ1n) is 18.0. The number of ketones is 1. The number of unbranched alkanes of at least 4 members (excludes halogenated alkanes) is 3. The Balaban J connectivity index is 1.13. The molecule has 0 spiro atoms. The first-order chi connectivity index (χ1) is 26.8. The molecule has 7 N–H and O–H groups in total. The van der Waals surface area contributed by atoms with E-state index < -0.39 is 51.5 Å². The van der Waals surface area contributed by atoms with Crippen LogP contribution < -0.4 is 27.1 Å². The summed E-state index contributed by atoms with van der Waals surface area (Å²) in [6.45, 7) is 0.237. The van der Waals surface area contributed by atoms with Gasteiger partial charge in [0.2, 0.25) is 5.91 Å². The van der Waals surface area contributed by atoms with Crippen LogP contribution in [0.3, 0.4) is 0 Å². The van der Waals surface area contributed by atoms with Crippen molar-refractivity contribution in [1.82, 2.24) is 26.3 Å². The van der Waals surface area contributed by atoms with Crippen molar-refractivity contribution in [3.63, 3.8) is 0 Å². The van der Waals surface area contributed by atoms with Crippen LogP contribution in [-0.2, 0) is 38.9 Å². The van der Waals surface area contributed by atoms with E-state index in [9.17, 15) is 42.0 Å². The molecule has 0 radical (unpaired) electrons. The summed E-state index contributed by atoms with van der Waals surface area (Å²) in [6.07, 6.45) is 4.85. The predicted octanol–water partition coefficient (Wildman–Crippen LogP) is 2.35. The highest BCUT2D eigenvalue weighted by Gasteiger charge is 2.48. The topological polar surface area (TPSA) is 285 Å².